The Balaban J connectivity index is 1.89. The molecule has 1 N–H and O–H groups in total. The van der Waals surface area contributed by atoms with Crippen LogP contribution in [-0.2, 0) is 11.3 Å². The van der Waals surface area contributed by atoms with E-state index in [1.807, 2.05) is 12.1 Å². The predicted molar refractivity (Wildman–Crippen MR) is 89.9 cm³/mol. The Kier molecular flexibility index (Phi) is 5.12. The molecule has 3 rings (SSSR count). The number of fused-ring (bicyclic) bond motifs is 1. The molecule has 1 unspecified atom stereocenters. The lowest BCUT2D eigenvalue weighted by atomic mass is 10.1. The molecule has 1 atom stereocenters. The molecule has 2 heterocycles. The summed E-state index contributed by atoms with van der Waals surface area (Å²) >= 11 is -2.22. The van der Waals surface area contributed by atoms with Crippen LogP contribution in [0.1, 0.15) is 12.8 Å². The van der Waals surface area contributed by atoms with Crippen molar-refractivity contribution in [2.24, 2.45) is 0 Å². The highest BCUT2D eigenvalue weighted by atomic mass is 32.2. The summed E-state index contributed by atoms with van der Waals surface area (Å²) in [5.74, 6) is 2.07. The highest BCUT2D eigenvalue weighted by molar-refractivity contribution is 7.77. The van der Waals surface area contributed by atoms with E-state index in [0.29, 0.717) is 11.5 Å². The van der Waals surface area contributed by atoms with Gasteiger partial charge in [0, 0.05) is 41.9 Å². The summed E-state index contributed by atoms with van der Waals surface area (Å²) in [5, 5.41) is 0.883. The first kappa shape index (κ1) is 16.9. The number of benzene rings is 1. The van der Waals surface area contributed by atoms with Crippen LogP contribution in [0.5, 0.6) is 11.5 Å². The van der Waals surface area contributed by atoms with Crippen molar-refractivity contribution in [3.63, 3.8) is 0 Å². The Hall–Kier alpha value is -1.97. The zero-order valence-corrected chi connectivity index (χ0v) is 14.3. The second-order valence-electron chi connectivity index (χ2n) is 5.54. The number of nitrogens with zero attached hydrogens (tertiary/aromatic N) is 3. The van der Waals surface area contributed by atoms with Gasteiger partial charge in [0.1, 0.15) is 12.1 Å². The Labute approximate surface area is 142 Å². The molecule has 0 saturated carbocycles. The highest BCUT2D eigenvalue weighted by Crippen LogP contribution is 2.35. The summed E-state index contributed by atoms with van der Waals surface area (Å²) in [6.45, 7) is 1.44. The molecular formula is C15H19N4O4S-. The van der Waals surface area contributed by atoms with Crippen molar-refractivity contribution >= 4 is 28.0 Å². The number of ether oxygens (including phenoxy) is 2. The average Bonchev–Trinajstić information content (AvgIpc) is 2.60. The SMILES string of the molecule is COc1cc2ncnc(N3CCC(NS(=O)[O-])CC3)c2cc1OC. The van der Waals surface area contributed by atoms with Crippen molar-refractivity contribution in [2.45, 2.75) is 18.9 Å². The number of rotatable bonds is 5. The van der Waals surface area contributed by atoms with E-state index in [1.165, 1.54) is 6.33 Å². The molecule has 24 heavy (non-hydrogen) atoms. The molecule has 130 valence electrons. The molecule has 0 bridgehead atoms. The van der Waals surface area contributed by atoms with Crippen molar-refractivity contribution < 1.29 is 18.2 Å². The summed E-state index contributed by atoms with van der Waals surface area (Å²) in [7, 11) is 3.18. The molecule has 0 radical (unpaired) electrons. The summed E-state index contributed by atoms with van der Waals surface area (Å²) in [6.07, 6.45) is 2.99. The van der Waals surface area contributed by atoms with Crippen LogP contribution in [0, 0.1) is 0 Å². The molecule has 1 aliphatic heterocycles. The molecule has 8 nitrogen and oxygen atoms in total. The Morgan fingerprint density at radius 2 is 1.88 bits per heavy atom. The van der Waals surface area contributed by atoms with Gasteiger partial charge in [0.2, 0.25) is 0 Å². The van der Waals surface area contributed by atoms with Crippen molar-refractivity contribution in [1.29, 1.82) is 0 Å². The monoisotopic (exact) mass is 351 g/mol. The zero-order chi connectivity index (χ0) is 17.1. The third-order valence-electron chi connectivity index (χ3n) is 4.18. The standard InChI is InChI=1S/C15H20N4O4S/c1-22-13-7-11-12(8-14(13)23-2)16-9-17-15(11)19-5-3-10(4-6-19)18-24(20)21/h7-10,18H,3-6H2,1-2H3,(H,20,21)/p-1. The van der Waals surface area contributed by atoms with Crippen molar-refractivity contribution in [1.82, 2.24) is 14.7 Å². The number of anilines is 1. The van der Waals surface area contributed by atoms with Gasteiger partial charge in [-0.25, -0.2) is 14.7 Å². The van der Waals surface area contributed by atoms with E-state index in [4.69, 9.17) is 9.47 Å². The molecule has 1 aromatic heterocycles. The van der Waals surface area contributed by atoms with E-state index in [9.17, 15) is 8.76 Å². The minimum atomic E-state index is -2.22. The Morgan fingerprint density at radius 1 is 1.21 bits per heavy atom. The maximum absolute atomic E-state index is 10.8. The molecular weight excluding hydrogens is 332 g/mol. The van der Waals surface area contributed by atoms with E-state index < -0.39 is 11.3 Å². The number of hydrogen-bond donors (Lipinski definition) is 1. The summed E-state index contributed by atoms with van der Waals surface area (Å²) in [4.78, 5) is 10.9. The van der Waals surface area contributed by atoms with Crippen LogP contribution in [0.15, 0.2) is 18.5 Å². The summed E-state index contributed by atoms with van der Waals surface area (Å²) < 4.78 is 34.7. The molecule has 0 aliphatic carbocycles. The molecule has 0 spiro atoms. The van der Waals surface area contributed by atoms with Gasteiger partial charge in [-0.2, -0.15) is 0 Å². The maximum atomic E-state index is 10.8. The smallest absolute Gasteiger partial charge is 0.162 e. The lowest BCUT2D eigenvalue weighted by molar-refractivity contribution is 0.355. The quantitative estimate of drug-likeness (QED) is 0.802. The summed E-state index contributed by atoms with van der Waals surface area (Å²) in [6, 6.07) is 3.68. The van der Waals surface area contributed by atoms with Crippen molar-refractivity contribution in [3.8, 4) is 11.5 Å². The second kappa shape index (κ2) is 7.29. The predicted octanol–water partition coefficient (Wildman–Crippen LogP) is 0.999. The molecule has 1 aliphatic rings. The Bertz CT molecular complexity index is 750. The minimum Gasteiger partial charge on any atom is -0.760 e. The van der Waals surface area contributed by atoms with Gasteiger partial charge in [-0.1, -0.05) is 0 Å². The average molecular weight is 351 g/mol. The van der Waals surface area contributed by atoms with Crippen molar-refractivity contribution in [2.75, 3.05) is 32.2 Å². The van der Waals surface area contributed by atoms with Gasteiger partial charge in [0.05, 0.1) is 19.7 Å². The number of hydrogen-bond acceptors (Lipinski definition) is 7. The number of methoxy groups -OCH3 is 2. The van der Waals surface area contributed by atoms with Gasteiger partial charge in [0.15, 0.2) is 11.5 Å². The number of piperidine rings is 1. The van der Waals surface area contributed by atoms with Crippen LogP contribution in [-0.4, -0.2) is 52.1 Å². The molecule has 1 saturated heterocycles. The lowest BCUT2D eigenvalue weighted by Crippen LogP contribution is -2.43. The molecule has 2 aromatic rings. The fourth-order valence-electron chi connectivity index (χ4n) is 2.97. The summed E-state index contributed by atoms with van der Waals surface area (Å²) in [5.41, 5.74) is 0.776. The van der Waals surface area contributed by atoms with Crippen LogP contribution >= 0.6 is 0 Å². The molecule has 1 fully saturated rings. The van der Waals surface area contributed by atoms with Crippen LogP contribution in [0.3, 0.4) is 0 Å². The first-order valence-corrected chi connectivity index (χ1v) is 8.67. The second-order valence-corrected chi connectivity index (χ2v) is 6.24. The van der Waals surface area contributed by atoms with Crippen molar-refractivity contribution in [3.05, 3.63) is 18.5 Å². The van der Waals surface area contributed by atoms with Crippen LogP contribution in [0.2, 0.25) is 0 Å². The van der Waals surface area contributed by atoms with E-state index in [0.717, 1.165) is 42.7 Å². The molecule has 1 aromatic carbocycles. The van der Waals surface area contributed by atoms with Gasteiger partial charge in [-0.3, -0.25) is 4.21 Å². The van der Waals surface area contributed by atoms with Gasteiger partial charge < -0.3 is 18.9 Å². The van der Waals surface area contributed by atoms with Crippen LogP contribution < -0.4 is 19.1 Å². The van der Waals surface area contributed by atoms with Gasteiger partial charge >= 0.3 is 0 Å². The molecule has 0 amide bonds. The van der Waals surface area contributed by atoms with Gasteiger partial charge in [-0.15, -0.1) is 0 Å². The van der Waals surface area contributed by atoms with E-state index in [2.05, 4.69) is 19.6 Å². The highest BCUT2D eigenvalue weighted by Gasteiger charge is 2.22. The Morgan fingerprint density at radius 3 is 2.50 bits per heavy atom. The first-order valence-electron chi connectivity index (χ1n) is 7.59. The van der Waals surface area contributed by atoms with Crippen LogP contribution in [0.25, 0.3) is 10.9 Å². The number of nitrogens with one attached hydrogen (secondary N) is 1. The first-order chi connectivity index (χ1) is 11.6. The third kappa shape index (κ3) is 3.42. The number of aromatic nitrogens is 2. The molecule has 9 heteroatoms. The van der Waals surface area contributed by atoms with E-state index >= 15 is 0 Å². The normalized spacial score (nSPS) is 17.0. The minimum absolute atomic E-state index is 0.0256. The van der Waals surface area contributed by atoms with Crippen LogP contribution in [0.4, 0.5) is 5.82 Å². The van der Waals surface area contributed by atoms with E-state index in [-0.39, 0.29) is 6.04 Å². The zero-order valence-electron chi connectivity index (χ0n) is 13.5. The fraction of sp³-hybridized carbons (Fsp3) is 0.467. The third-order valence-corrected chi connectivity index (χ3v) is 4.70. The largest absolute Gasteiger partial charge is 0.760 e. The van der Waals surface area contributed by atoms with Gasteiger partial charge in [-0.05, 0) is 18.9 Å². The fourth-order valence-corrected chi connectivity index (χ4v) is 3.47. The van der Waals surface area contributed by atoms with Gasteiger partial charge in [0.25, 0.3) is 0 Å². The lowest BCUT2D eigenvalue weighted by Gasteiger charge is -2.34. The maximum Gasteiger partial charge on any atom is 0.162 e. The van der Waals surface area contributed by atoms with E-state index in [1.54, 1.807) is 14.2 Å². The topological polar surface area (TPSA) is 99.6 Å².